The standard InChI is InChI=1S/C20H24N6O/c1-15-14-17-18(7-4-8-19(17)24-23-15)22-20(27)26-12-3-2-6-16(26)9-13-25-11-5-10-21-25/h4-5,7-8,10-11,14,16H,2-3,6,9,12-13H2,1H3,(H,22,27)/t16-/m1/s1. The van der Waals surface area contributed by atoms with E-state index in [9.17, 15) is 4.79 Å². The zero-order chi connectivity index (χ0) is 18.6. The summed E-state index contributed by atoms with van der Waals surface area (Å²) in [6.07, 6.45) is 7.91. The molecule has 2 aromatic heterocycles. The summed E-state index contributed by atoms with van der Waals surface area (Å²) in [4.78, 5) is 15.0. The number of aromatic nitrogens is 4. The Kier molecular flexibility index (Phi) is 5.00. The second kappa shape index (κ2) is 7.73. The Labute approximate surface area is 158 Å². The highest BCUT2D eigenvalue weighted by Crippen LogP contribution is 2.25. The Hall–Kier alpha value is -2.96. The lowest BCUT2D eigenvalue weighted by Crippen LogP contribution is -2.46. The maximum Gasteiger partial charge on any atom is 0.322 e. The Morgan fingerprint density at radius 2 is 2.19 bits per heavy atom. The molecule has 0 radical (unpaired) electrons. The predicted octanol–water partition coefficient (Wildman–Crippen LogP) is 3.61. The van der Waals surface area contributed by atoms with Gasteiger partial charge in [-0.25, -0.2) is 4.79 Å². The van der Waals surface area contributed by atoms with Crippen LogP contribution in [-0.2, 0) is 6.54 Å². The van der Waals surface area contributed by atoms with Crippen molar-refractivity contribution in [3.63, 3.8) is 0 Å². The third kappa shape index (κ3) is 3.92. The van der Waals surface area contributed by atoms with Crippen molar-refractivity contribution >= 4 is 22.6 Å². The van der Waals surface area contributed by atoms with Crippen molar-refractivity contribution < 1.29 is 4.79 Å². The van der Waals surface area contributed by atoms with Crippen molar-refractivity contribution in [1.29, 1.82) is 0 Å². The molecule has 1 saturated heterocycles. The van der Waals surface area contributed by atoms with Crippen LogP contribution < -0.4 is 5.32 Å². The SMILES string of the molecule is Cc1cc2c(NC(=O)N3CCCC[C@@H]3CCn3cccn3)cccc2nn1. The van der Waals surface area contributed by atoms with Crippen LogP contribution in [-0.4, -0.2) is 43.5 Å². The van der Waals surface area contributed by atoms with Crippen LogP contribution in [0.2, 0.25) is 0 Å². The smallest absolute Gasteiger partial charge is 0.321 e. The molecule has 2 amide bonds. The monoisotopic (exact) mass is 364 g/mol. The van der Waals surface area contributed by atoms with E-state index in [2.05, 4.69) is 20.6 Å². The summed E-state index contributed by atoms with van der Waals surface area (Å²) in [6.45, 7) is 3.52. The zero-order valence-electron chi connectivity index (χ0n) is 15.5. The molecule has 1 aliphatic heterocycles. The van der Waals surface area contributed by atoms with Crippen LogP contribution in [0.1, 0.15) is 31.4 Å². The van der Waals surface area contributed by atoms with Crippen LogP contribution in [0.25, 0.3) is 10.9 Å². The second-order valence-corrected chi connectivity index (χ2v) is 7.06. The van der Waals surface area contributed by atoms with Crippen molar-refractivity contribution in [2.75, 3.05) is 11.9 Å². The number of aryl methyl sites for hydroxylation is 2. The first-order valence-electron chi connectivity index (χ1n) is 9.49. The number of amides is 2. The number of benzene rings is 1. The Morgan fingerprint density at radius 1 is 1.26 bits per heavy atom. The number of hydrogen-bond acceptors (Lipinski definition) is 4. The van der Waals surface area contributed by atoms with Gasteiger partial charge in [-0.3, -0.25) is 4.68 Å². The van der Waals surface area contributed by atoms with Crippen LogP contribution in [0.15, 0.2) is 42.7 Å². The van der Waals surface area contributed by atoms with Gasteiger partial charge in [-0.1, -0.05) is 6.07 Å². The minimum atomic E-state index is -0.0397. The predicted molar refractivity (Wildman–Crippen MR) is 104 cm³/mol. The van der Waals surface area contributed by atoms with Crippen molar-refractivity contribution in [2.24, 2.45) is 0 Å². The lowest BCUT2D eigenvalue weighted by molar-refractivity contribution is 0.154. The summed E-state index contributed by atoms with van der Waals surface area (Å²) in [5, 5.41) is 16.6. The van der Waals surface area contributed by atoms with E-state index in [0.29, 0.717) is 0 Å². The molecule has 1 fully saturated rings. The lowest BCUT2D eigenvalue weighted by atomic mass is 10.00. The largest absolute Gasteiger partial charge is 0.322 e. The summed E-state index contributed by atoms with van der Waals surface area (Å²) < 4.78 is 1.93. The molecule has 1 atom stereocenters. The molecule has 4 rings (SSSR count). The molecular weight excluding hydrogens is 340 g/mol. The third-order valence-corrected chi connectivity index (χ3v) is 5.13. The molecule has 0 aliphatic carbocycles. The summed E-state index contributed by atoms with van der Waals surface area (Å²) in [5.41, 5.74) is 2.40. The van der Waals surface area contributed by atoms with E-state index < -0.39 is 0 Å². The number of likely N-dealkylation sites (tertiary alicyclic amines) is 1. The van der Waals surface area contributed by atoms with Crippen molar-refractivity contribution in [3.05, 3.63) is 48.4 Å². The van der Waals surface area contributed by atoms with E-state index in [1.165, 1.54) is 0 Å². The fourth-order valence-corrected chi connectivity index (χ4v) is 3.74. The number of nitrogens with one attached hydrogen (secondary N) is 1. The zero-order valence-corrected chi connectivity index (χ0v) is 15.5. The van der Waals surface area contributed by atoms with Gasteiger partial charge in [0.2, 0.25) is 0 Å². The molecule has 1 N–H and O–H groups in total. The molecule has 0 bridgehead atoms. The molecule has 1 aromatic carbocycles. The van der Waals surface area contributed by atoms with E-state index in [1.54, 1.807) is 6.20 Å². The number of nitrogens with zero attached hydrogens (tertiary/aromatic N) is 5. The molecule has 0 saturated carbocycles. The first-order chi connectivity index (χ1) is 13.2. The highest BCUT2D eigenvalue weighted by atomic mass is 16.2. The molecule has 27 heavy (non-hydrogen) atoms. The second-order valence-electron chi connectivity index (χ2n) is 7.06. The molecule has 3 heterocycles. The summed E-state index contributed by atoms with van der Waals surface area (Å²) in [5.74, 6) is 0. The maximum absolute atomic E-state index is 13.0. The van der Waals surface area contributed by atoms with Gasteiger partial charge in [-0.15, -0.1) is 0 Å². The van der Waals surface area contributed by atoms with E-state index in [1.807, 2.05) is 53.0 Å². The lowest BCUT2D eigenvalue weighted by Gasteiger charge is -2.36. The minimum absolute atomic E-state index is 0.0397. The van der Waals surface area contributed by atoms with Gasteiger partial charge in [-0.2, -0.15) is 15.3 Å². The third-order valence-electron chi connectivity index (χ3n) is 5.13. The summed E-state index contributed by atoms with van der Waals surface area (Å²) >= 11 is 0. The maximum atomic E-state index is 13.0. The number of hydrogen-bond donors (Lipinski definition) is 1. The Balaban J connectivity index is 1.50. The molecule has 7 nitrogen and oxygen atoms in total. The molecular formula is C20H24N6O. The first-order valence-corrected chi connectivity index (χ1v) is 9.49. The van der Waals surface area contributed by atoms with E-state index in [0.717, 1.165) is 61.1 Å². The molecule has 0 unspecified atom stereocenters. The number of urea groups is 1. The van der Waals surface area contributed by atoms with Crippen LogP contribution in [0.5, 0.6) is 0 Å². The van der Waals surface area contributed by atoms with Gasteiger partial charge in [0.05, 0.1) is 16.9 Å². The highest BCUT2D eigenvalue weighted by molar-refractivity contribution is 6.00. The number of fused-ring (bicyclic) bond motifs is 1. The summed E-state index contributed by atoms with van der Waals surface area (Å²) in [7, 11) is 0. The molecule has 1 aliphatic rings. The van der Waals surface area contributed by atoms with Gasteiger partial charge in [0.25, 0.3) is 0 Å². The van der Waals surface area contributed by atoms with Crippen LogP contribution >= 0.6 is 0 Å². The molecule has 140 valence electrons. The van der Waals surface area contributed by atoms with E-state index >= 15 is 0 Å². The topological polar surface area (TPSA) is 75.9 Å². The van der Waals surface area contributed by atoms with E-state index in [-0.39, 0.29) is 12.1 Å². The van der Waals surface area contributed by atoms with Gasteiger partial charge in [0, 0.05) is 36.9 Å². The normalized spacial score (nSPS) is 17.2. The van der Waals surface area contributed by atoms with E-state index in [4.69, 9.17) is 0 Å². The van der Waals surface area contributed by atoms with Crippen LogP contribution in [0.3, 0.4) is 0 Å². The van der Waals surface area contributed by atoms with Crippen molar-refractivity contribution in [1.82, 2.24) is 24.9 Å². The highest BCUT2D eigenvalue weighted by Gasteiger charge is 2.27. The number of carbonyl (C=O) groups is 1. The number of carbonyl (C=O) groups excluding carboxylic acids is 1. The van der Waals surface area contributed by atoms with Crippen molar-refractivity contribution in [3.8, 4) is 0 Å². The van der Waals surface area contributed by atoms with Gasteiger partial charge < -0.3 is 10.2 Å². The van der Waals surface area contributed by atoms with Gasteiger partial charge in [-0.05, 0) is 56.9 Å². The van der Waals surface area contributed by atoms with Crippen LogP contribution in [0, 0.1) is 6.92 Å². The molecule has 7 heteroatoms. The van der Waals surface area contributed by atoms with Crippen molar-refractivity contribution in [2.45, 2.75) is 45.2 Å². The Morgan fingerprint density at radius 3 is 3.04 bits per heavy atom. The average molecular weight is 364 g/mol. The van der Waals surface area contributed by atoms with Crippen LogP contribution in [0.4, 0.5) is 10.5 Å². The first kappa shape index (κ1) is 17.5. The summed E-state index contributed by atoms with van der Waals surface area (Å²) in [6, 6.07) is 9.81. The average Bonchev–Trinajstić information content (AvgIpc) is 3.21. The number of rotatable bonds is 4. The molecule has 0 spiro atoms. The van der Waals surface area contributed by atoms with Gasteiger partial charge in [0.15, 0.2) is 0 Å². The number of piperidine rings is 1. The van der Waals surface area contributed by atoms with Gasteiger partial charge in [0.1, 0.15) is 0 Å². The Bertz CT molecular complexity index is 923. The number of anilines is 1. The molecule has 3 aromatic rings. The minimum Gasteiger partial charge on any atom is -0.321 e. The fraction of sp³-hybridized carbons (Fsp3) is 0.400. The quantitative estimate of drug-likeness (QED) is 0.767. The fourth-order valence-electron chi connectivity index (χ4n) is 3.74. The van der Waals surface area contributed by atoms with Gasteiger partial charge >= 0.3 is 6.03 Å².